The molecule has 0 saturated carbocycles. The lowest BCUT2D eigenvalue weighted by Gasteiger charge is -2.06. The summed E-state index contributed by atoms with van der Waals surface area (Å²) < 4.78 is 5.07. The first-order chi connectivity index (χ1) is 6.69. The van der Waals surface area contributed by atoms with Crippen molar-refractivity contribution in [3.05, 3.63) is 33.9 Å². The molecule has 0 aliphatic heterocycles. The zero-order valence-electron chi connectivity index (χ0n) is 8.52. The standard InChI is InChI=1S/C9H12N2O3.ClH/c1-10-6-7-5-8(11(12)13)3-4-9(7)14-2;/h3-5,10H,6H2,1-2H3;1H. The van der Waals surface area contributed by atoms with Crippen LogP contribution >= 0.6 is 12.4 Å². The van der Waals surface area contributed by atoms with Crippen LogP contribution in [0.15, 0.2) is 18.2 Å². The molecule has 0 unspecified atom stereocenters. The number of nitro groups is 1. The van der Waals surface area contributed by atoms with E-state index in [2.05, 4.69) is 5.32 Å². The molecule has 0 aliphatic carbocycles. The number of ether oxygens (including phenoxy) is 1. The molecule has 0 saturated heterocycles. The Morgan fingerprint density at radius 3 is 2.67 bits per heavy atom. The third-order valence-corrected chi connectivity index (χ3v) is 1.84. The number of methoxy groups -OCH3 is 1. The molecular formula is C9H13ClN2O3. The second-order valence-electron chi connectivity index (χ2n) is 2.78. The van der Waals surface area contributed by atoms with Crippen LogP contribution in [-0.4, -0.2) is 19.1 Å². The monoisotopic (exact) mass is 232 g/mol. The van der Waals surface area contributed by atoms with E-state index in [4.69, 9.17) is 4.74 Å². The SMILES string of the molecule is CNCc1cc([N+](=O)[O-])ccc1OC.Cl. The van der Waals surface area contributed by atoms with Crippen LogP contribution in [0.2, 0.25) is 0 Å². The number of hydrogen-bond acceptors (Lipinski definition) is 4. The van der Waals surface area contributed by atoms with Gasteiger partial charge in [-0.3, -0.25) is 10.1 Å². The Morgan fingerprint density at radius 1 is 1.53 bits per heavy atom. The van der Waals surface area contributed by atoms with Crippen molar-refractivity contribution in [3.8, 4) is 5.75 Å². The van der Waals surface area contributed by atoms with E-state index >= 15 is 0 Å². The molecule has 1 aromatic rings. The molecule has 0 bridgehead atoms. The van der Waals surface area contributed by atoms with Crippen molar-refractivity contribution >= 4 is 18.1 Å². The molecule has 0 spiro atoms. The first-order valence-electron chi connectivity index (χ1n) is 4.15. The van der Waals surface area contributed by atoms with Crippen LogP contribution in [0.25, 0.3) is 0 Å². The van der Waals surface area contributed by atoms with Gasteiger partial charge in [0.15, 0.2) is 0 Å². The molecule has 1 N–H and O–H groups in total. The minimum atomic E-state index is -0.418. The second-order valence-corrected chi connectivity index (χ2v) is 2.78. The molecule has 1 aromatic carbocycles. The number of rotatable bonds is 4. The number of nitrogens with one attached hydrogen (secondary N) is 1. The molecule has 15 heavy (non-hydrogen) atoms. The zero-order chi connectivity index (χ0) is 10.6. The van der Waals surface area contributed by atoms with Crippen molar-refractivity contribution < 1.29 is 9.66 Å². The van der Waals surface area contributed by atoms with Gasteiger partial charge >= 0.3 is 0 Å². The first kappa shape index (κ1) is 13.7. The fourth-order valence-corrected chi connectivity index (χ4v) is 1.21. The predicted octanol–water partition coefficient (Wildman–Crippen LogP) is 1.74. The first-order valence-corrected chi connectivity index (χ1v) is 4.15. The largest absolute Gasteiger partial charge is 0.496 e. The van der Waals surface area contributed by atoms with Gasteiger partial charge in [-0.25, -0.2) is 0 Å². The summed E-state index contributed by atoms with van der Waals surface area (Å²) in [4.78, 5) is 10.1. The van der Waals surface area contributed by atoms with Crippen LogP contribution in [0.3, 0.4) is 0 Å². The van der Waals surface area contributed by atoms with E-state index in [1.165, 1.54) is 12.1 Å². The van der Waals surface area contributed by atoms with Gasteiger partial charge in [0, 0.05) is 24.2 Å². The highest BCUT2D eigenvalue weighted by Crippen LogP contribution is 2.23. The van der Waals surface area contributed by atoms with Crippen LogP contribution in [0.1, 0.15) is 5.56 Å². The second kappa shape index (κ2) is 6.21. The van der Waals surface area contributed by atoms with E-state index in [1.54, 1.807) is 20.2 Å². The Labute approximate surface area is 94.0 Å². The average molecular weight is 233 g/mol. The van der Waals surface area contributed by atoms with Crippen LogP contribution in [0.5, 0.6) is 5.75 Å². The Kier molecular flexibility index (Phi) is 5.66. The molecule has 0 amide bonds. The Balaban J connectivity index is 0.00000196. The van der Waals surface area contributed by atoms with E-state index in [0.29, 0.717) is 12.3 Å². The van der Waals surface area contributed by atoms with Gasteiger partial charge in [-0.15, -0.1) is 12.4 Å². The fourth-order valence-electron chi connectivity index (χ4n) is 1.21. The number of nitro benzene ring substituents is 1. The molecule has 0 heterocycles. The summed E-state index contributed by atoms with van der Waals surface area (Å²) >= 11 is 0. The average Bonchev–Trinajstić information content (AvgIpc) is 2.18. The van der Waals surface area contributed by atoms with Crippen LogP contribution in [0.4, 0.5) is 5.69 Å². The maximum Gasteiger partial charge on any atom is 0.270 e. The summed E-state index contributed by atoms with van der Waals surface area (Å²) in [7, 11) is 3.32. The van der Waals surface area contributed by atoms with E-state index < -0.39 is 4.92 Å². The van der Waals surface area contributed by atoms with Crippen molar-refractivity contribution in [2.75, 3.05) is 14.2 Å². The van der Waals surface area contributed by atoms with Crippen molar-refractivity contribution in [2.45, 2.75) is 6.54 Å². The molecule has 5 nitrogen and oxygen atoms in total. The summed E-state index contributed by atoms with van der Waals surface area (Å²) in [5.74, 6) is 0.657. The quantitative estimate of drug-likeness (QED) is 0.635. The predicted molar refractivity (Wildman–Crippen MR) is 59.7 cm³/mol. The highest BCUT2D eigenvalue weighted by molar-refractivity contribution is 5.85. The molecule has 0 fully saturated rings. The topological polar surface area (TPSA) is 64.4 Å². The van der Waals surface area contributed by atoms with E-state index in [9.17, 15) is 10.1 Å². The summed E-state index contributed by atoms with van der Waals surface area (Å²) in [6.45, 7) is 0.546. The minimum absolute atomic E-state index is 0. The van der Waals surface area contributed by atoms with Gasteiger partial charge < -0.3 is 10.1 Å². The molecule has 6 heteroatoms. The van der Waals surface area contributed by atoms with E-state index in [0.717, 1.165) is 5.56 Å². The Hall–Kier alpha value is -1.33. The number of benzene rings is 1. The third-order valence-electron chi connectivity index (χ3n) is 1.84. The maximum atomic E-state index is 10.5. The Morgan fingerprint density at radius 2 is 2.20 bits per heavy atom. The molecular weight excluding hydrogens is 220 g/mol. The molecule has 0 atom stereocenters. The molecule has 0 radical (unpaired) electrons. The normalized spacial score (nSPS) is 9.20. The van der Waals surface area contributed by atoms with Crippen molar-refractivity contribution in [1.29, 1.82) is 0 Å². The number of hydrogen-bond donors (Lipinski definition) is 1. The maximum absolute atomic E-state index is 10.5. The summed E-state index contributed by atoms with van der Waals surface area (Å²) in [6, 6.07) is 4.54. The lowest BCUT2D eigenvalue weighted by Crippen LogP contribution is -2.07. The molecule has 0 aromatic heterocycles. The smallest absolute Gasteiger partial charge is 0.270 e. The molecule has 0 aliphatic rings. The van der Waals surface area contributed by atoms with Crippen LogP contribution < -0.4 is 10.1 Å². The summed E-state index contributed by atoms with van der Waals surface area (Å²) in [5.41, 5.74) is 0.861. The minimum Gasteiger partial charge on any atom is -0.496 e. The number of non-ortho nitro benzene ring substituents is 1. The van der Waals surface area contributed by atoms with Gasteiger partial charge in [0.05, 0.1) is 12.0 Å². The highest BCUT2D eigenvalue weighted by Gasteiger charge is 2.10. The molecule has 1 rings (SSSR count). The van der Waals surface area contributed by atoms with Gasteiger partial charge in [-0.05, 0) is 13.1 Å². The van der Waals surface area contributed by atoms with Gasteiger partial charge in [0.2, 0.25) is 0 Å². The lowest BCUT2D eigenvalue weighted by atomic mass is 10.2. The highest BCUT2D eigenvalue weighted by atomic mass is 35.5. The number of nitrogens with zero attached hydrogens (tertiary/aromatic N) is 1. The van der Waals surface area contributed by atoms with Crippen LogP contribution in [0, 0.1) is 10.1 Å². The molecule has 84 valence electrons. The fraction of sp³-hybridized carbons (Fsp3) is 0.333. The van der Waals surface area contributed by atoms with Crippen molar-refractivity contribution in [2.24, 2.45) is 0 Å². The number of halogens is 1. The van der Waals surface area contributed by atoms with Crippen LogP contribution in [-0.2, 0) is 6.54 Å². The summed E-state index contributed by atoms with van der Waals surface area (Å²) in [5, 5.41) is 13.4. The van der Waals surface area contributed by atoms with Gasteiger partial charge in [-0.1, -0.05) is 0 Å². The lowest BCUT2D eigenvalue weighted by molar-refractivity contribution is -0.384. The van der Waals surface area contributed by atoms with E-state index in [1.807, 2.05) is 0 Å². The van der Waals surface area contributed by atoms with Gasteiger partial charge in [0.1, 0.15) is 5.75 Å². The van der Waals surface area contributed by atoms with Crippen molar-refractivity contribution in [3.63, 3.8) is 0 Å². The van der Waals surface area contributed by atoms with E-state index in [-0.39, 0.29) is 18.1 Å². The van der Waals surface area contributed by atoms with Gasteiger partial charge in [-0.2, -0.15) is 0 Å². The summed E-state index contributed by atoms with van der Waals surface area (Å²) in [6.07, 6.45) is 0. The Bertz CT molecular complexity index is 344. The van der Waals surface area contributed by atoms with Gasteiger partial charge in [0.25, 0.3) is 5.69 Å². The van der Waals surface area contributed by atoms with Crippen molar-refractivity contribution in [1.82, 2.24) is 5.32 Å². The zero-order valence-corrected chi connectivity index (χ0v) is 9.34. The third kappa shape index (κ3) is 3.38.